The Morgan fingerprint density at radius 3 is 2.83 bits per heavy atom. The van der Waals surface area contributed by atoms with Crippen LogP contribution in [0, 0.1) is 5.92 Å². The Bertz CT molecular complexity index is 658. The van der Waals surface area contributed by atoms with Crippen molar-refractivity contribution in [3.05, 3.63) is 18.2 Å². The number of hydrogen-bond acceptors (Lipinski definition) is 4. The molecule has 2 N–H and O–H groups in total. The lowest BCUT2D eigenvalue weighted by Gasteiger charge is -2.19. The molecule has 6 nitrogen and oxygen atoms in total. The normalized spacial score (nSPS) is 15.5. The van der Waals surface area contributed by atoms with Gasteiger partial charge in [0.25, 0.3) is 5.91 Å². The van der Waals surface area contributed by atoms with E-state index in [9.17, 15) is 13.2 Å². The van der Waals surface area contributed by atoms with Gasteiger partial charge in [0, 0.05) is 6.54 Å². The topological polar surface area (TPSA) is 84.5 Å². The van der Waals surface area contributed by atoms with E-state index in [4.69, 9.17) is 4.74 Å². The second kappa shape index (κ2) is 7.79. The van der Waals surface area contributed by atoms with Crippen LogP contribution >= 0.6 is 0 Å². The van der Waals surface area contributed by atoms with Crippen LogP contribution in [0.3, 0.4) is 0 Å². The summed E-state index contributed by atoms with van der Waals surface area (Å²) in [4.78, 5) is 11.5. The lowest BCUT2D eigenvalue weighted by molar-refractivity contribution is -0.118. The molecule has 0 aliphatic carbocycles. The van der Waals surface area contributed by atoms with Crippen LogP contribution in [0.5, 0.6) is 5.75 Å². The molecule has 1 aliphatic rings. The molecule has 1 aliphatic heterocycles. The van der Waals surface area contributed by atoms with E-state index in [1.165, 1.54) is 12.1 Å². The lowest BCUT2D eigenvalue weighted by Crippen LogP contribution is -2.30. The first-order valence-corrected chi connectivity index (χ1v) is 9.51. The van der Waals surface area contributed by atoms with Gasteiger partial charge in [-0.05, 0) is 30.5 Å². The van der Waals surface area contributed by atoms with Crippen LogP contribution in [0.25, 0.3) is 0 Å². The first kappa shape index (κ1) is 17.7. The van der Waals surface area contributed by atoms with Crippen LogP contribution < -0.4 is 14.8 Å². The summed E-state index contributed by atoms with van der Waals surface area (Å²) < 4.78 is 32.8. The van der Waals surface area contributed by atoms with Crippen molar-refractivity contribution in [3.63, 3.8) is 0 Å². The van der Waals surface area contributed by atoms with Gasteiger partial charge in [0.15, 0.2) is 6.61 Å². The van der Waals surface area contributed by atoms with E-state index in [1.54, 1.807) is 6.07 Å². The molecule has 7 heteroatoms. The van der Waals surface area contributed by atoms with Crippen LogP contribution in [0.4, 0.5) is 5.69 Å². The summed E-state index contributed by atoms with van der Waals surface area (Å²) in [6.07, 6.45) is 4.16. The molecule has 0 aromatic heterocycles. The van der Waals surface area contributed by atoms with E-state index in [0.717, 1.165) is 25.7 Å². The predicted octanol–water partition coefficient (Wildman–Crippen LogP) is 2.51. The largest absolute Gasteiger partial charge is 0.482 e. The fourth-order valence-corrected chi connectivity index (χ4v) is 3.63. The number of hydrogen-bond donors (Lipinski definition) is 2. The number of nitrogens with one attached hydrogen (secondary N) is 2. The Morgan fingerprint density at radius 1 is 1.35 bits per heavy atom. The number of ether oxygens (including phenoxy) is 1. The Kier molecular flexibility index (Phi) is 6.01. The van der Waals surface area contributed by atoms with Gasteiger partial charge in [-0.1, -0.05) is 33.1 Å². The quantitative estimate of drug-likeness (QED) is 0.761. The minimum absolute atomic E-state index is 0.0487. The van der Waals surface area contributed by atoms with Gasteiger partial charge in [0.05, 0.1) is 10.6 Å². The zero-order chi connectivity index (χ0) is 16.9. The Balaban J connectivity index is 2.07. The minimum atomic E-state index is -3.60. The molecule has 0 saturated carbocycles. The van der Waals surface area contributed by atoms with Gasteiger partial charge in [-0.2, -0.15) is 0 Å². The van der Waals surface area contributed by atoms with E-state index in [1.807, 2.05) is 0 Å². The Hall–Kier alpha value is -1.60. The summed E-state index contributed by atoms with van der Waals surface area (Å²) in [5.41, 5.74) is 0.391. The summed E-state index contributed by atoms with van der Waals surface area (Å²) >= 11 is 0. The van der Waals surface area contributed by atoms with Gasteiger partial charge in [-0.15, -0.1) is 0 Å². The summed E-state index contributed by atoms with van der Waals surface area (Å²) in [6.45, 7) is 4.58. The zero-order valence-corrected chi connectivity index (χ0v) is 14.4. The van der Waals surface area contributed by atoms with Crippen LogP contribution in [0.2, 0.25) is 0 Å². The maximum Gasteiger partial charge on any atom is 0.262 e. The maximum atomic E-state index is 12.4. The molecule has 1 heterocycles. The van der Waals surface area contributed by atoms with Crippen LogP contribution in [-0.2, 0) is 14.8 Å². The zero-order valence-electron chi connectivity index (χ0n) is 13.6. The smallest absolute Gasteiger partial charge is 0.262 e. The number of benzene rings is 1. The number of carbonyl (C=O) groups is 1. The second-order valence-corrected chi connectivity index (χ2v) is 7.53. The molecule has 0 spiro atoms. The van der Waals surface area contributed by atoms with Crippen molar-refractivity contribution in [1.29, 1.82) is 0 Å². The molecule has 0 radical (unpaired) electrons. The van der Waals surface area contributed by atoms with Crippen LogP contribution in [0.1, 0.15) is 39.5 Å². The second-order valence-electron chi connectivity index (χ2n) is 5.76. The highest BCUT2D eigenvalue weighted by Crippen LogP contribution is 2.30. The first-order chi connectivity index (χ1) is 11.0. The van der Waals surface area contributed by atoms with E-state index in [-0.39, 0.29) is 17.4 Å². The molecule has 2 rings (SSSR count). The third kappa shape index (κ3) is 4.68. The highest BCUT2D eigenvalue weighted by molar-refractivity contribution is 7.89. The van der Waals surface area contributed by atoms with Crippen molar-refractivity contribution in [2.75, 3.05) is 18.5 Å². The minimum Gasteiger partial charge on any atom is -0.482 e. The molecule has 0 bridgehead atoms. The third-order valence-corrected chi connectivity index (χ3v) is 5.42. The molecule has 1 aromatic rings. The Labute approximate surface area is 137 Å². The van der Waals surface area contributed by atoms with E-state index < -0.39 is 10.0 Å². The van der Waals surface area contributed by atoms with Gasteiger partial charge in [-0.25, -0.2) is 13.1 Å². The molecule has 1 aromatic carbocycles. The number of amides is 1. The SMILES string of the molecule is CCCCC(CC)CNS(=O)(=O)c1ccc2c(c1)NC(=O)CO2. The van der Waals surface area contributed by atoms with Gasteiger partial charge in [-0.3, -0.25) is 4.79 Å². The number of carbonyl (C=O) groups excluding carboxylic acids is 1. The molecular formula is C16H24N2O4S. The Morgan fingerprint density at radius 2 is 2.13 bits per heavy atom. The number of sulfonamides is 1. The number of fused-ring (bicyclic) bond motifs is 1. The molecule has 1 unspecified atom stereocenters. The molecule has 128 valence electrons. The molecule has 1 amide bonds. The van der Waals surface area contributed by atoms with Crippen molar-refractivity contribution in [1.82, 2.24) is 4.72 Å². The monoisotopic (exact) mass is 340 g/mol. The molecular weight excluding hydrogens is 316 g/mol. The van der Waals surface area contributed by atoms with Gasteiger partial charge in [0.1, 0.15) is 5.75 Å². The summed E-state index contributed by atoms with van der Waals surface area (Å²) in [6, 6.07) is 4.49. The highest BCUT2D eigenvalue weighted by Gasteiger charge is 2.21. The molecule has 0 saturated heterocycles. The molecule has 1 atom stereocenters. The van der Waals surface area contributed by atoms with Crippen molar-refractivity contribution in [3.8, 4) is 5.75 Å². The van der Waals surface area contributed by atoms with Gasteiger partial charge < -0.3 is 10.1 Å². The van der Waals surface area contributed by atoms with E-state index >= 15 is 0 Å². The van der Waals surface area contributed by atoms with Crippen LogP contribution in [-0.4, -0.2) is 27.5 Å². The average molecular weight is 340 g/mol. The predicted molar refractivity (Wildman–Crippen MR) is 89.1 cm³/mol. The third-order valence-electron chi connectivity index (χ3n) is 4.00. The standard InChI is InChI=1S/C16H24N2O4S/c1-3-5-6-12(4-2)10-17-23(20,21)13-7-8-15-14(9-13)18-16(19)11-22-15/h7-9,12,17H,3-6,10-11H2,1-2H3,(H,18,19). The van der Waals surface area contributed by atoms with E-state index in [2.05, 4.69) is 23.9 Å². The average Bonchev–Trinajstić information content (AvgIpc) is 2.54. The fraction of sp³-hybridized carbons (Fsp3) is 0.562. The molecule has 0 fully saturated rings. The van der Waals surface area contributed by atoms with Gasteiger partial charge >= 0.3 is 0 Å². The lowest BCUT2D eigenvalue weighted by atomic mass is 10.00. The maximum absolute atomic E-state index is 12.4. The summed E-state index contributed by atoms with van der Waals surface area (Å²) in [5.74, 6) is 0.536. The van der Waals surface area contributed by atoms with Crippen molar-refractivity contribution in [2.45, 2.75) is 44.4 Å². The highest BCUT2D eigenvalue weighted by atomic mass is 32.2. The van der Waals surface area contributed by atoms with Crippen molar-refractivity contribution in [2.24, 2.45) is 5.92 Å². The van der Waals surface area contributed by atoms with Crippen molar-refractivity contribution < 1.29 is 17.9 Å². The molecule has 23 heavy (non-hydrogen) atoms. The van der Waals surface area contributed by atoms with E-state index in [0.29, 0.717) is 23.9 Å². The summed E-state index contributed by atoms with van der Waals surface area (Å²) in [5, 5.41) is 2.62. The number of anilines is 1. The van der Waals surface area contributed by atoms with Gasteiger partial charge in [0.2, 0.25) is 10.0 Å². The number of unbranched alkanes of at least 4 members (excludes halogenated alkanes) is 1. The number of rotatable bonds is 8. The van der Waals surface area contributed by atoms with Crippen LogP contribution in [0.15, 0.2) is 23.1 Å². The van der Waals surface area contributed by atoms with Crippen molar-refractivity contribution >= 4 is 21.6 Å². The first-order valence-electron chi connectivity index (χ1n) is 8.02. The fourth-order valence-electron chi connectivity index (χ4n) is 2.48. The summed E-state index contributed by atoms with van der Waals surface area (Å²) in [7, 11) is -3.60.